The van der Waals surface area contributed by atoms with Crippen LogP contribution in [0.4, 0.5) is 5.69 Å². The maximum atomic E-state index is 13.8. The molecule has 3 aromatic rings. The van der Waals surface area contributed by atoms with Crippen molar-refractivity contribution in [3.63, 3.8) is 0 Å². The largest absolute Gasteiger partial charge is 0.489 e. The Morgan fingerprint density at radius 2 is 2.09 bits per heavy atom. The molecule has 1 aromatic heterocycles. The molecule has 1 saturated carbocycles. The van der Waals surface area contributed by atoms with Gasteiger partial charge in [0.2, 0.25) is 0 Å². The first-order valence-electron chi connectivity index (χ1n) is 12.1. The Labute approximate surface area is 208 Å². The fourth-order valence-corrected chi connectivity index (χ4v) is 6.31. The molecule has 3 heterocycles. The summed E-state index contributed by atoms with van der Waals surface area (Å²) in [5, 5.41) is 7.23. The quantitative estimate of drug-likeness (QED) is 0.565. The second kappa shape index (κ2) is 8.68. The van der Waals surface area contributed by atoms with Crippen molar-refractivity contribution < 1.29 is 14.3 Å². The van der Waals surface area contributed by atoms with E-state index in [0.717, 1.165) is 46.2 Å². The van der Waals surface area contributed by atoms with E-state index in [1.165, 1.54) is 0 Å². The summed E-state index contributed by atoms with van der Waals surface area (Å²) in [6.07, 6.45) is 1.11. The van der Waals surface area contributed by atoms with Gasteiger partial charge in [-0.15, -0.1) is 11.3 Å². The molecule has 3 atom stereocenters. The number of fused-ring (bicyclic) bond motifs is 2. The van der Waals surface area contributed by atoms with Gasteiger partial charge in [-0.05, 0) is 49.8 Å². The van der Waals surface area contributed by atoms with Crippen molar-refractivity contribution in [1.82, 2.24) is 15.2 Å². The average Bonchev–Trinajstić information content (AvgIpc) is 3.38. The lowest BCUT2D eigenvalue weighted by atomic mass is 10.1. The fourth-order valence-electron chi connectivity index (χ4n) is 5.40. The molecule has 2 fully saturated rings. The van der Waals surface area contributed by atoms with Crippen LogP contribution >= 0.6 is 11.3 Å². The van der Waals surface area contributed by atoms with Crippen LogP contribution in [-0.4, -0.2) is 54.0 Å². The molecule has 0 radical (unpaired) electrons. The highest BCUT2D eigenvalue weighted by atomic mass is 32.1. The second-order valence-electron chi connectivity index (χ2n) is 9.63. The van der Waals surface area contributed by atoms with Gasteiger partial charge < -0.3 is 20.3 Å². The van der Waals surface area contributed by atoms with E-state index in [2.05, 4.69) is 34.7 Å². The zero-order valence-electron chi connectivity index (χ0n) is 19.8. The number of nitrogens with one attached hydrogen (secondary N) is 2. The number of aromatic nitrogens is 1. The lowest BCUT2D eigenvalue weighted by Crippen LogP contribution is -2.45. The van der Waals surface area contributed by atoms with Crippen LogP contribution in [0.2, 0.25) is 0 Å². The van der Waals surface area contributed by atoms with Gasteiger partial charge in [0.15, 0.2) is 5.75 Å². The van der Waals surface area contributed by atoms with Crippen LogP contribution in [-0.2, 0) is 0 Å². The number of piperidine rings is 1. The van der Waals surface area contributed by atoms with Gasteiger partial charge in [-0.2, -0.15) is 0 Å². The summed E-state index contributed by atoms with van der Waals surface area (Å²) in [6.45, 7) is 6.39. The van der Waals surface area contributed by atoms with E-state index >= 15 is 0 Å². The van der Waals surface area contributed by atoms with Crippen molar-refractivity contribution >= 4 is 28.8 Å². The Bertz CT molecular complexity index is 1320. The summed E-state index contributed by atoms with van der Waals surface area (Å²) in [4.78, 5) is 34.3. The Balaban J connectivity index is 1.21. The third kappa shape index (κ3) is 4.05. The molecule has 0 unspecified atom stereocenters. The SMILES string of the molecule is Cc1cccc(-c2sc(C)nc2C(=O)N2C[C@H]3C[C@H]3[C@H]2CNC(=O)c2cccc3c2OCCN3)c1. The molecule has 3 aliphatic rings. The third-order valence-electron chi connectivity index (χ3n) is 7.18. The van der Waals surface area contributed by atoms with Crippen molar-refractivity contribution in [2.75, 3.05) is 31.6 Å². The van der Waals surface area contributed by atoms with E-state index in [1.807, 2.05) is 36.1 Å². The van der Waals surface area contributed by atoms with Gasteiger partial charge in [0.05, 0.1) is 27.2 Å². The minimum Gasteiger partial charge on any atom is -0.489 e. The molecule has 35 heavy (non-hydrogen) atoms. The molecule has 0 spiro atoms. The van der Waals surface area contributed by atoms with Gasteiger partial charge in [0, 0.05) is 19.6 Å². The standard InChI is InChI=1S/C27H28N4O3S/c1-15-5-3-6-17(11-15)25-23(30-16(2)35-25)27(33)31-14-18-12-20(18)22(31)13-29-26(32)19-7-4-8-21-24(19)34-10-9-28-21/h3-8,11,18,20,22,28H,9-10,12-14H2,1-2H3,(H,29,32)/t18-,20-,22-/m1/s1. The van der Waals surface area contributed by atoms with E-state index in [4.69, 9.17) is 4.74 Å². The smallest absolute Gasteiger partial charge is 0.274 e. The number of para-hydroxylation sites is 1. The van der Waals surface area contributed by atoms with Crippen molar-refractivity contribution in [1.29, 1.82) is 0 Å². The number of aryl methyl sites for hydroxylation is 2. The summed E-state index contributed by atoms with van der Waals surface area (Å²) in [7, 11) is 0. The summed E-state index contributed by atoms with van der Waals surface area (Å²) in [6, 6.07) is 13.7. The Hall–Kier alpha value is -3.39. The predicted molar refractivity (Wildman–Crippen MR) is 136 cm³/mol. The number of rotatable bonds is 5. The zero-order valence-corrected chi connectivity index (χ0v) is 20.7. The van der Waals surface area contributed by atoms with Crippen LogP contribution in [0, 0.1) is 25.7 Å². The molecule has 1 aliphatic carbocycles. The molecule has 2 N–H and O–H groups in total. The molecule has 2 amide bonds. The van der Waals surface area contributed by atoms with Crippen LogP contribution in [0.5, 0.6) is 5.75 Å². The number of hydrogen-bond acceptors (Lipinski definition) is 6. The number of anilines is 1. The highest BCUT2D eigenvalue weighted by molar-refractivity contribution is 7.15. The fraction of sp³-hybridized carbons (Fsp3) is 0.370. The number of benzene rings is 2. The van der Waals surface area contributed by atoms with Crippen LogP contribution in [0.3, 0.4) is 0 Å². The van der Waals surface area contributed by atoms with E-state index in [0.29, 0.717) is 42.0 Å². The molecule has 6 rings (SSSR count). The topological polar surface area (TPSA) is 83.6 Å². The predicted octanol–water partition coefficient (Wildman–Crippen LogP) is 4.12. The maximum absolute atomic E-state index is 13.8. The highest BCUT2D eigenvalue weighted by Gasteiger charge is 2.54. The Morgan fingerprint density at radius 1 is 1.23 bits per heavy atom. The zero-order chi connectivity index (χ0) is 24.1. The molecule has 1 saturated heterocycles. The molecular formula is C27H28N4O3S. The number of ether oxygens (including phenoxy) is 1. The van der Waals surface area contributed by atoms with Crippen molar-refractivity contribution in [3.8, 4) is 16.2 Å². The molecule has 2 aliphatic heterocycles. The number of carbonyl (C=O) groups is 2. The van der Waals surface area contributed by atoms with Gasteiger partial charge in [-0.1, -0.05) is 35.9 Å². The number of carbonyl (C=O) groups excluding carboxylic acids is 2. The van der Waals surface area contributed by atoms with Gasteiger partial charge in [-0.3, -0.25) is 9.59 Å². The second-order valence-corrected chi connectivity index (χ2v) is 10.8. The molecule has 8 heteroatoms. The van der Waals surface area contributed by atoms with Crippen LogP contribution in [0.1, 0.15) is 37.8 Å². The summed E-state index contributed by atoms with van der Waals surface area (Å²) in [5.74, 6) is 1.33. The minimum atomic E-state index is -0.174. The van der Waals surface area contributed by atoms with Crippen molar-refractivity contribution in [2.45, 2.75) is 26.3 Å². The minimum absolute atomic E-state index is 0.0256. The maximum Gasteiger partial charge on any atom is 0.274 e. The lowest BCUT2D eigenvalue weighted by molar-refractivity contribution is 0.0690. The lowest BCUT2D eigenvalue weighted by Gasteiger charge is -2.28. The average molecular weight is 489 g/mol. The van der Waals surface area contributed by atoms with Crippen molar-refractivity contribution in [3.05, 3.63) is 64.3 Å². The number of amides is 2. The summed E-state index contributed by atoms with van der Waals surface area (Å²) >= 11 is 1.56. The molecule has 180 valence electrons. The highest BCUT2D eigenvalue weighted by Crippen LogP contribution is 2.50. The van der Waals surface area contributed by atoms with Gasteiger partial charge in [0.25, 0.3) is 11.8 Å². The van der Waals surface area contributed by atoms with Crippen molar-refractivity contribution in [2.24, 2.45) is 11.8 Å². The normalized spacial score (nSPS) is 22.0. The van der Waals surface area contributed by atoms with E-state index < -0.39 is 0 Å². The van der Waals surface area contributed by atoms with Crippen LogP contribution in [0.15, 0.2) is 42.5 Å². The Morgan fingerprint density at radius 3 is 2.94 bits per heavy atom. The Kier molecular flexibility index (Phi) is 5.48. The molecular weight excluding hydrogens is 460 g/mol. The first-order valence-corrected chi connectivity index (χ1v) is 12.9. The number of thiazole rings is 1. The van der Waals surface area contributed by atoms with Gasteiger partial charge in [0.1, 0.15) is 12.3 Å². The third-order valence-corrected chi connectivity index (χ3v) is 8.20. The molecule has 0 bridgehead atoms. The molecule has 7 nitrogen and oxygen atoms in total. The van der Waals surface area contributed by atoms with E-state index in [1.54, 1.807) is 17.4 Å². The van der Waals surface area contributed by atoms with E-state index in [9.17, 15) is 9.59 Å². The number of likely N-dealkylation sites (tertiary alicyclic amines) is 1. The van der Waals surface area contributed by atoms with Gasteiger partial charge >= 0.3 is 0 Å². The first kappa shape index (κ1) is 22.1. The summed E-state index contributed by atoms with van der Waals surface area (Å²) < 4.78 is 5.76. The van der Waals surface area contributed by atoms with Crippen LogP contribution < -0.4 is 15.4 Å². The number of hydrogen-bond donors (Lipinski definition) is 2. The summed E-state index contributed by atoms with van der Waals surface area (Å²) in [5.41, 5.74) is 4.06. The first-order chi connectivity index (χ1) is 17.0. The van der Waals surface area contributed by atoms with Crippen LogP contribution in [0.25, 0.3) is 10.4 Å². The van der Waals surface area contributed by atoms with E-state index in [-0.39, 0.29) is 17.9 Å². The monoisotopic (exact) mass is 488 g/mol. The molecule has 2 aromatic carbocycles. The van der Waals surface area contributed by atoms with Gasteiger partial charge in [-0.25, -0.2) is 4.98 Å². The number of nitrogens with zero attached hydrogens (tertiary/aromatic N) is 2.